The number of rotatable bonds is 20. The van der Waals surface area contributed by atoms with Crippen molar-refractivity contribution >= 4 is 17.9 Å². The highest BCUT2D eigenvalue weighted by Gasteiger charge is 2.44. The van der Waals surface area contributed by atoms with E-state index < -0.39 is 55.2 Å². The summed E-state index contributed by atoms with van der Waals surface area (Å²) >= 11 is 0. The first-order valence-corrected chi connectivity index (χ1v) is 12.2. The van der Waals surface area contributed by atoms with E-state index in [0.717, 1.165) is 38.5 Å². The molecule has 0 rings (SSSR count). The molecule has 0 fully saturated rings. The van der Waals surface area contributed by atoms with Crippen molar-refractivity contribution in [1.29, 1.82) is 0 Å². The van der Waals surface area contributed by atoms with E-state index >= 15 is 0 Å². The highest BCUT2D eigenvalue weighted by molar-refractivity contribution is 5.90. The van der Waals surface area contributed by atoms with Crippen LogP contribution in [-0.2, 0) is 42.8 Å². The lowest BCUT2D eigenvalue weighted by atomic mass is 9.95. The summed E-state index contributed by atoms with van der Waals surface area (Å²) in [6.07, 6.45) is 0.660. The van der Waals surface area contributed by atoms with Crippen molar-refractivity contribution in [1.82, 2.24) is 0 Å². The Bertz CT molecular complexity index is 548. The molecule has 0 aliphatic heterocycles. The van der Waals surface area contributed by atoms with Gasteiger partial charge in [0, 0.05) is 0 Å². The zero-order valence-corrected chi connectivity index (χ0v) is 21.6. The summed E-state index contributed by atoms with van der Waals surface area (Å²) in [5.41, 5.74) is -2.51. The van der Waals surface area contributed by atoms with Crippen LogP contribution in [0.15, 0.2) is 0 Å². The third-order valence-corrected chi connectivity index (χ3v) is 4.67. The van der Waals surface area contributed by atoms with E-state index in [2.05, 4.69) is 0 Å². The van der Waals surface area contributed by atoms with E-state index in [1.54, 1.807) is 0 Å². The molecule has 0 aromatic carbocycles. The summed E-state index contributed by atoms with van der Waals surface area (Å²) in [4.78, 5) is 37.5. The number of aliphatic hydroxyl groups is 1. The minimum absolute atomic E-state index is 0.354. The lowest BCUT2D eigenvalue weighted by Crippen LogP contribution is -2.46. The molecule has 34 heavy (non-hydrogen) atoms. The van der Waals surface area contributed by atoms with Crippen LogP contribution < -0.4 is 0 Å². The summed E-state index contributed by atoms with van der Waals surface area (Å²) in [6.45, 7) is 11.6. The molecule has 200 valence electrons. The molecular weight excluding hydrogens is 448 g/mol. The summed E-state index contributed by atoms with van der Waals surface area (Å²) < 4.78 is 31.5. The number of carbonyl (C=O) groups excluding carboxylic acids is 3. The first-order chi connectivity index (χ1) is 16.1. The molecule has 3 atom stereocenters. The maximum absolute atomic E-state index is 12.7. The molecule has 0 aliphatic carbocycles. The third-order valence-electron chi connectivity index (χ3n) is 4.67. The minimum atomic E-state index is -2.51. The second kappa shape index (κ2) is 18.6. The molecule has 0 aliphatic rings. The van der Waals surface area contributed by atoms with Crippen LogP contribution >= 0.6 is 0 Å². The minimum Gasteiger partial charge on any atom is -0.436 e. The Labute approximate surface area is 203 Å². The van der Waals surface area contributed by atoms with Crippen molar-refractivity contribution in [2.45, 2.75) is 117 Å². The molecule has 0 aromatic heterocycles. The van der Waals surface area contributed by atoms with Crippen LogP contribution in [0.5, 0.6) is 0 Å². The standard InChI is InChI=1S/C24H44O10/c1-7-10-13-29-18(4)32-21(25)16-24(28,23(27)34-20(6)31-15-12-9-3)17-22(26)33-19(5)30-14-11-8-2/h18-20,28H,7-17H2,1-6H3. The molecular formula is C24H44O10. The molecule has 10 nitrogen and oxygen atoms in total. The highest BCUT2D eigenvalue weighted by atomic mass is 16.7. The lowest BCUT2D eigenvalue weighted by Gasteiger charge is -2.27. The molecule has 0 amide bonds. The second-order valence-corrected chi connectivity index (χ2v) is 8.15. The summed E-state index contributed by atoms with van der Waals surface area (Å²) in [6, 6.07) is 0. The maximum Gasteiger partial charge on any atom is 0.341 e. The monoisotopic (exact) mass is 492 g/mol. The second-order valence-electron chi connectivity index (χ2n) is 8.15. The SMILES string of the molecule is CCCCOC(C)OC(=O)CC(O)(CC(=O)OC(C)OCCCC)C(=O)OC(C)OCCCC. The Balaban J connectivity index is 5.16. The maximum atomic E-state index is 12.7. The van der Waals surface area contributed by atoms with Gasteiger partial charge in [0.05, 0.1) is 32.7 Å². The van der Waals surface area contributed by atoms with E-state index in [1.165, 1.54) is 20.8 Å². The quantitative estimate of drug-likeness (QED) is 0.116. The highest BCUT2D eigenvalue weighted by Crippen LogP contribution is 2.22. The van der Waals surface area contributed by atoms with Crippen molar-refractivity contribution in [3.05, 3.63) is 0 Å². The summed E-state index contributed by atoms with van der Waals surface area (Å²) in [5, 5.41) is 11.0. The number of hydrogen-bond donors (Lipinski definition) is 1. The van der Waals surface area contributed by atoms with Gasteiger partial charge in [-0.3, -0.25) is 9.59 Å². The Morgan fingerprint density at radius 3 is 1.29 bits per heavy atom. The number of unbranched alkanes of at least 4 members (excludes halogenated alkanes) is 3. The van der Waals surface area contributed by atoms with Gasteiger partial charge in [-0.2, -0.15) is 0 Å². The molecule has 0 saturated heterocycles. The Hall–Kier alpha value is -1.75. The molecule has 1 N–H and O–H groups in total. The fourth-order valence-corrected chi connectivity index (χ4v) is 2.68. The van der Waals surface area contributed by atoms with E-state index in [9.17, 15) is 19.5 Å². The van der Waals surface area contributed by atoms with Crippen molar-refractivity contribution in [2.24, 2.45) is 0 Å². The molecule has 10 heteroatoms. The molecule has 0 spiro atoms. The first-order valence-electron chi connectivity index (χ1n) is 12.2. The van der Waals surface area contributed by atoms with E-state index in [4.69, 9.17) is 28.4 Å². The Morgan fingerprint density at radius 1 is 0.647 bits per heavy atom. The average molecular weight is 493 g/mol. The van der Waals surface area contributed by atoms with E-state index in [-0.39, 0.29) is 0 Å². The predicted molar refractivity (Wildman–Crippen MR) is 123 cm³/mol. The van der Waals surface area contributed by atoms with Gasteiger partial charge in [0.2, 0.25) is 0 Å². The molecule has 0 radical (unpaired) electrons. The number of ether oxygens (including phenoxy) is 6. The summed E-state index contributed by atoms with van der Waals surface area (Å²) in [5.74, 6) is -3.05. The fraction of sp³-hybridized carbons (Fsp3) is 0.875. The van der Waals surface area contributed by atoms with Gasteiger partial charge >= 0.3 is 17.9 Å². The van der Waals surface area contributed by atoms with Crippen LogP contribution in [0, 0.1) is 0 Å². The van der Waals surface area contributed by atoms with Crippen molar-refractivity contribution < 1.29 is 47.9 Å². The Morgan fingerprint density at radius 2 is 0.971 bits per heavy atom. The molecule has 0 aromatic rings. The van der Waals surface area contributed by atoms with Crippen LogP contribution in [0.3, 0.4) is 0 Å². The van der Waals surface area contributed by atoms with Crippen molar-refractivity contribution in [3.8, 4) is 0 Å². The molecule has 0 heterocycles. The summed E-state index contributed by atoms with van der Waals surface area (Å²) in [7, 11) is 0. The molecule has 3 unspecified atom stereocenters. The average Bonchev–Trinajstić information content (AvgIpc) is 2.73. The van der Waals surface area contributed by atoms with Crippen molar-refractivity contribution in [2.75, 3.05) is 19.8 Å². The normalized spacial score (nSPS) is 15.6. The number of carbonyl (C=O) groups is 3. The van der Waals surface area contributed by atoms with Crippen LogP contribution in [0.1, 0.15) is 92.9 Å². The lowest BCUT2D eigenvalue weighted by molar-refractivity contribution is -0.207. The van der Waals surface area contributed by atoms with Crippen LogP contribution in [-0.4, -0.2) is 67.3 Å². The zero-order chi connectivity index (χ0) is 26.0. The van der Waals surface area contributed by atoms with Gasteiger partial charge in [-0.05, 0) is 40.0 Å². The van der Waals surface area contributed by atoms with Gasteiger partial charge in [-0.1, -0.05) is 40.0 Å². The molecule has 0 bridgehead atoms. The van der Waals surface area contributed by atoms with E-state index in [0.29, 0.717) is 19.8 Å². The largest absolute Gasteiger partial charge is 0.436 e. The van der Waals surface area contributed by atoms with Crippen molar-refractivity contribution in [3.63, 3.8) is 0 Å². The van der Waals surface area contributed by atoms with Gasteiger partial charge in [0.15, 0.2) is 24.5 Å². The van der Waals surface area contributed by atoms with Crippen LogP contribution in [0.4, 0.5) is 0 Å². The number of hydrogen-bond acceptors (Lipinski definition) is 10. The number of esters is 3. The first kappa shape index (κ1) is 32.2. The Kier molecular flexibility index (Phi) is 17.6. The van der Waals surface area contributed by atoms with Gasteiger partial charge in [-0.15, -0.1) is 0 Å². The topological polar surface area (TPSA) is 127 Å². The van der Waals surface area contributed by atoms with Crippen LogP contribution in [0.2, 0.25) is 0 Å². The fourth-order valence-electron chi connectivity index (χ4n) is 2.68. The van der Waals surface area contributed by atoms with Gasteiger partial charge in [0.25, 0.3) is 0 Å². The zero-order valence-electron chi connectivity index (χ0n) is 21.6. The smallest absolute Gasteiger partial charge is 0.341 e. The van der Waals surface area contributed by atoms with Gasteiger partial charge < -0.3 is 33.5 Å². The van der Waals surface area contributed by atoms with Gasteiger partial charge in [0.1, 0.15) is 0 Å². The predicted octanol–water partition coefficient (Wildman–Crippen LogP) is 3.62. The molecule has 0 saturated carbocycles. The third kappa shape index (κ3) is 15.2. The van der Waals surface area contributed by atoms with E-state index in [1.807, 2.05) is 20.8 Å². The van der Waals surface area contributed by atoms with Gasteiger partial charge in [-0.25, -0.2) is 4.79 Å². The van der Waals surface area contributed by atoms with Crippen LogP contribution in [0.25, 0.3) is 0 Å².